The average molecular weight is 289 g/mol. The molecule has 0 aliphatic heterocycles. The quantitative estimate of drug-likeness (QED) is 0.839. The van der Waals surface area contributed by atoms with Crippen molar-refractivity contribution in [2.24, 2.45) is 0 Å². The van der Waals surface area contributed by atoms with Crippen LogP contribution in [0.25, 0.3) is 0 Å². The van der Waals surface area contributed by atoms with Crippen molar-refractivity contribution in [3.63, 3.8) is 0 Å². The topological polar surface area (TPSA) is 83.5 Å². The maximum Gasteiger partial charge on any atom is 0.335 e. The fraction of sp³-hybridized carbons (Fsp3) is 0.417. The monoisotopic (exact) mass is 289 g/mol. The largest absolute Gasteiger partial charge is 0.478 e. The van der Waals surface area contributed by atoms with Crippen molar-refractivity contribution in [2.75, 3.05) is 0 Å². The Morgan fingerprint density at radius 1 is 1.47 bits per heavy atom. The number of carbonyl (C=O) groups is 1. The van der Waals surface area contributed by atoms with Gasteiger partial charge in [0.2, 0.25) is 10.0 Å². The Hall–Kier alpha value is -1.47. The number of hydrogen-bond donors (Lipinski definition) is 2. The van der Waals surface area contributed by atoms with Crippen molar-refractivity contribution < 1.29 is 22.7 Å². The van der Waals surface area contributed by atoms with E-state index in [4.69, 9.17) is 5.11 Å². The van der Waals surface area contributed by atoms with Crippen molar-refractivity contribution in [1.82, 2.24) is 4.72 Å². The number of halogens is 1. The van der Waals surface area contributed by atoms with Gasteiger partial charge in [-0.1, -0.05) is 13.3 Å². The number of benzene rings is 1. The number of sulfonamides is 1. The van der Waals surface area contributed by atoms with E-state index < -0.39 is 26.7 Å². The molecular weight excluding hydrogens is 273 g/mol. The molecule has 0 saturated heterocycles. The van der Waals surface area contributed by atoms with Crippen LogP contribution >= 0.6 is 0 Å². The minimum Gasteiger partial charge on any atom is -0.478 e. The first-order valence-electron chi connectivity index (χ1n) is 5.83. The lowest BCUT2D eigenvalue weighted by molar-refractivity contribution is 0.0696. The number of carboxylic acid groups (broad SMARTS) is 1. The van der Waals surface area contributed by atoms with Crippen LogP contribution in [0.5, 0.6) is 0 Å². The molecule has 1 aromatic rings. The Balaban J connectivity index is 3.13. The number of aromatic carboxylic acids is 1. The number of rotatable bonds is 6. The third-order valence-corrected chi connectivity index (χ3v) is 4.15. The maximum atomic E-state index is 13.6. The van der Waals surface area contributed by atoms with Gasteiger partial charge in [-0.25, -0.2) is 22.3 Å². The Bertz CT molecular complexity index is 571. The van der Waals surface area contributed by atoms with Crippen LogP contribution in [0.15, 0.2) is 23.1 Å². The van der Waals surface area contributed by atoms with Gasteiger partial charge in [0.1, 0.15) is 10.7 Å². The van der Waals surface area contributed by atoms with Crippen LogP contribution in [0.3, 0.4) is 0 Å². The van der Waals surface area contributed by atoms with Crippen LogP contribution in [0.4, 0.5) is 4.39 Å². The van der Waals surface area contributed by atoms with Gasteiger partial charge in [-0.15, -0.1) is 0 Å². The average Bonchev–Trinajstić information content (AvgIpc) is 2.28. The molecule has 0 aromatic heterocycles. The van der Waals surface area contributed by atoms with E-state index in [1.807, 2.05) is 6.92 Å². The fourth-order valence-corrected chi connectivity index (χ4v) is 3.04. The Morgan fingerprint density at radius 3 is 2.63 bits per heavy atom. The van der Waals surface area contributed by atoms with Crippen LogP contribution < -0.4 is 4.72 Å². The highest BCUT2D eigenvalue weighted by Gasteiger charge is 2.22. The second kappa shape index (κ2) is 6.12. The molecule has 0 aliphatic rings. The molecule has 0 unspecified atom stereocenters. The molecule has 7 heteroatoms. The smallest absolute Gasteiger partial charge is 0.335 e. The number of carboxylic acids is 1. The zero-order valence-electron chi connectivity index (χ0n) is 10.7. The minimum absolute atomic E-state index is 0.273. The Kier molecular flexibility index (Phi) is 5.02. The van der Waals surface area contributed by atoms with E-state index >= 15 is 0 Å². The molecule has 0 radical (unpaired) electrons. The van der Waals surface area contributed by atoms with Crippen molar-refractivity contribution >= 4 is 16.0 Å². The second-order valence-corrected chi connectivity index (χ2v) is 5.94. The van der Waals surface area contributed by atoms with Crippen LogP contribution in [0, 0.1) is 5.82 Å². The van der Waals surface area contributed by atoms with Gasteiger partial charge in [0.15, 0.2) is 0 Å². The molecule has 0 fully saturated rings. The molecule has 1 rings (SSSR count). The van der Waals surface area contributed by atoms with Gasteiger partial charge in [0.25, 0.3) is 0 Å². The Labute approximate surface area is 111 Å². The van der Waals surface area contributed by atoms with Gasteiger partial charge in [0.05, 0.1) is 5.56 Å². The van der Waals surface area contributed by atoms with Gasteiger partial charge in [-0.05, 0) is 31.5 Å². The van der Waals surface area contributed by atoms with Crippen LogP contribution in [0.1, 0.15) is 37.0 Å². The molecule has 0 spiro atoms. The molecule has 0 heterocycles. The molecule has 0 saturated carbocycles. The van der Waals surface area contributed by atoms with E-state index in [0.717, 1.165) is 24.6 Å². The zero-order chi connectivity index (χ0) is 14.6. The molecule has 0 aliphatic carbocycles. The van der Waals surface area contributed by atoms with Crippen LogP contribution in [-0.4, -0.2) is 25.5 Å². The Morgan fingerprint density at radius 2 is 2.11 bits per heavy atom. The third-order valence-electron chi connectivity index (χ3n) is 2.55. The predicted octanol–water partition coefficient (Wildman–Crippen LogP) is 1.99. The molecular formula is C12H16FNO4S. The van der Waals surface area contributed by atoms with Crippen molar-refractivity contribution in [3.05, 3.63) is 29.6 Å². The van der Waals surface area contributed by atoms with Gasteiger partial charge in [-0.3, -0.25) is 0 Å². The standard InChI is InChI=1S/C12H16FNO4S/c1-3-4-8(2)14-19(17,18)11-7-9(12(15)16)5-6-10(11)13/h5-8,14H,3-4H2,1-2H3,(H,15,16)/t8-/m0/s1. The van der Waals surface area contributed by atoms with E-state index in [9.17, 15) is 17.6 Å². The zero-order valence-corrected chi connectivity index (χ0v) is 11.5. The van der Waals surface area contributed by atoms with Crippen LogP contribution in [-0.2, 0) is 10.0 Å². The number of hydrogen-bond acceptors (Lipinski definition) is 3. The second-order valence-electron chi connectivity index (χ2n) is 4.26. The van der Waals surface area contributed by atoms with Gasteiger partial charge < -0.3 is 5.11 Å². The fourth-order valence-electron chi connectivity index (χ4n) is 1.66. The van der Waals surface area contributed by atoms with Crippen LogP contribution in [0.2, 0.25) is 0 Å². The summed E-state index contributed by atoms with van der Waals surface area (Å²) in [5, 5.41) is 8.79. The van der Waals surface area contributed by atoms with Crippen molar-refractivity contribution in [3.8, 4) is 0 Å². The van der Waals surface area contributed by atoms with E-state index in [0.29, 0.717) is 6.42 Å². The summed E-state index contributed by atoms with van der Waals surface area (Å²) in [6.07, 6.45) is 1.39. The molecule has 0 amide bonds. The van der Waals surface area contributed by atoms with E-state index in [-0.39, 0.29) is 11.6 Å². The molecule has 106 valence electrons. The van der Waals surface area contributed by atoms with E-state index in [1.54, 1.807) is 6.92 Å². The van der Waals surface area contributed by atoms with Gasteiger partial charge in [0, 0.05) is 6.04 Å². The van der Waals surface area contributed by atoms with E-state index in [2.05, 4.69) is 4.72 Å². The summed E-state index contributed by atoms with van der Waals surface area (Å²) < 4.78 is 39.8. The molecule has 2 N–H and O–H groups in total. The molecule has 1 atom stereocenters. The van der Waals surface area contributed by atoms with Crippen molar-refractivity contribution in [1.29, 1.82) is 0 Å². The predicted molar refractivity (Wildman–Crippen MR) is 68.1 cm³/mol. The molecule has 1 aromatic carbocycles. The molecule has 0 bridgehead atoms. The first-order valence-corrected chi connectivity index (χ1v) is 7.31. The van der Waals surface area contributed by atoms with Gasteiger partial charge in [-0.2, -0.15) is 0 Å². The maximum absolute atomic E-state index is 13.6. The molecule has 19 heavy (non-hydrogen) atoms. The molecule has 5 nitrogen and oxygen atoms in total. The minimum atomic E-state index is -4.06. The lowest BCUT2D eigenvalue weighted by Gasteiger charge is -2.14. The summed E-state index contributed by atoms with van der Waals surface area (Å²) in [6, 6.07) is 2.33. The SMILES string of the molecule is CCC[C@H](C)NS(=O)(=O)c1cc(C(=O)O)ccc1F. The summed E-state index contributed by atoms with van der Waals surface area (Å²) in [7, 11) is -4.06. The first-order chi connectivity index (χ1) is 8.77. The normalized spacial score (nSPS) is 13.2. The van der Waals surface area contributed by atoms with Crippen molar-refractivity contribution in [2.45, 2.75) is 37.6 Å². The lowest BCUT2D eigenvalue weighted by atomic mass is 10.2. The highest BCUT2D eigenvalue weighted by molar-refractivity contribution is 7.89. The highest BCUT2D eigenvalue weighted by atomic mass is 32.2. The first kappa shape index (κ1) is 15.6. The highest BCUT2D eigenvalue weighted by Crippen LogP contribution is 2.17. The number of nitrogens with one attached hydrogen (secondary N) is 1. The summed E-state index contributed by atoms with van der Waals surface area (Å²) in [4.78, 5) is 10.1. The third kappa shape index (κ3) is 4.00. The van der Waals surface area contributed by atoms with E-state index in [1.165, 1.54) is 0 Å². The lowest BCUT2D eigenvalue weighted by Crippen LogP contribution is -2.33. The summed E-state index contributed by atoms with van der Waals surface area (Å²) >= 11 is 0. The van der Waals surface area contributed by atoms with Gasteiger partial charge >= 0.3 is 5.97 Å². The summed E-state index contributed by atoms with van der Waals surface area (Å²) in [6.45, 7) is 3.57. The summed E-state index contributed by atoms with van der Waals surface area (Å²) in [5.41, 5.74) is -0.273. The summed E-state index contributed by atoms with van der Waals surface area (Å²) in [5.74, 6) is -2.28.